The molecule has 0 saturated heterocycles. The molecule has 1 aliphatic rings. The number of thiocarbonyl (C=S) groups is 1. The number of carboxylic acids is 1. The first-order valence-electron chi connectivity index (χ1n) is 6.73. The fraction of sp³-hybridized carbons (Fsp3) is 0.333. The van der Waals surface area contributed by atoms with Crippen molar-refractivity contribution < 1.29 is 9.90 Å². The zero-order valence-corrected chi connectivity index (χ0v) is 13.4. The summed E-state index contributed by atoms with van der Waals surface area (Å²) >= 11 is 6.79. The Bertz CT molecular complexity index is 726. The van der Waals surface area contributed by atoms with Gasteiger partial charge in [-0.3, -0.25) is 0 Å². The molecule has 0 amide bonds. The van der Waals surface area contributed by atoms with Crippen molar-refractivity contribution in [2.24, 2.45) is 0 Å². The Kier molecular flexibility index (Phi) is 3.67. The van der Waals surface area contributed by atoms with E-state index in [-0.39, 0.29) is 6.04 Å². The number of hydrogen-bond donors (Lipinski definition) is 2. The van der Waals surface area contributed by atoms with Gasteiger partial charge in [0.1, 0.15) is 10.4 Å². The number of rotatable bonds is 1. The molecule has 2 aromatic rings. The van der Waals surface area contributed by atoms with Crippen LogP contribution in [0.25, 0.3) is 10.9 Å². The first-order valence-corrected chi connectivity index (χ1v) is 8.36. The quantitative estimate of drug-likeness (QED) is 0.790. The molecule has 2 N–H and O–H groups in total. The van der Waals surface area contributed by atoms with Crippen LogP contribution in [-0.2, 0) is 11.2 Å². The second-order valence-electron chi connectivity index (χ2n) is 5.17. The zero-order chi connectivity index (χ0) is 15.1. The molecule has 3 rings (SSSR count). The number of carbonyl (C=O) groups is 1. The molecule has 0 spiro atoms. The Morgan fingerprint density at radius 1 is 1.48 bits per heavy atom. The number of H-pyrrole nitrogens is 1. The Morgan fingerprint density at radius 2 is 2.19 bits per heavy atom. The number of thioether (sulfide) groups is 1. The third-order valence-electron chi connectivity index (χ3n) is 4.09. The van der Waals surface area contributed by atoms with Gasteiger partial charge in [-0.1, -0.05) is 30.4 Å². The van der Waals surface area contributed by atoms with Crippen LogP contribution in [-0.4, -0.2) is 37.6 Å². The van der Waals surface area contributed by atoms with E-state index in [1.54, 1.807) is 0 Å². The number of fused-ring (bicyclic) bond motifs is 3. The molecule has 0 aliphatic carbocycles. The summed E-state index contributed by atoms with van der Waals surface area (Å²) in [4.78, 5) is 16.9. The molecule has 0 radical (unpaired) electrons. The van der Waals surface area contributed by atoms with Gasteiger partial charge in [0.05, 0.1) is 6.04 Å². The van der Waals surface area contributed by atoms with Crippen molar-refractivity contribution in [3.05, 3.63) is 35.5 Å². The highest BCUT2D eigenvalue weighted by Gasteiger charge is 2.39. The molecule has 0 bridgehead atoms. The van der Waals surface area contributed by atoms with Crippen LogP contribution in [0, 0.1) is 0 Å². The van der Waals surface area contributed by atoms with Crippen LogP contribution in [0.2, 0.25) is 0 Å². The molecule has 1 aliphatic heterocycles. The van der Waals surface area contributed by atoms with Gasteiger partial charge in [-0.2, -0.15) is 0 Å². The lowest BCUT2D eigenvalue weighted by Crippen LogP contribution is -2.49. The van der Waals surface area contributed by atoms with Crippen LogP contribution in [0.1, 0.15) is 24.2 Å². The summed E-state index contributed by atoms with van der Waals surface area (Å²) < 4.78 is 0.624. The number of aromatic nitrogens is 1. The lowest BCUT2D eigenvalue weighted by Gasteiger charge is -2.39. The van der Waals surface area contributed by atoms with E-state index in [0.717, 1.165) is 22.2 Å². The van der Waals surface area contributed by atoms with Crippen LogP contribution in [0.15, 0.2) is 24.3 Å². The molecular weight excluding hydrogens is 304 g/mol. The summed E-state index contributed by atoms with van der Waals surface area (Å²) in [6.07, 6.45) is 2.36. The number of hydrogen-bond acceptors (Lipinski definition) is 3. The van der Waals surface area contributed by atoms with Gasteiger partial charge in [0.25, 0.3) is 0 Å². The van der Waals surface area contributed by atoms with Crippen LogP contribution in [0.4, 0.5) is 0 Å². The average Bonchev–Trinajstić information content (AvgIpc) is 2.85. The third-order valence-corrected chi connectivity index (χ3v) is 5.36. The second-order valence-corrected chi connectivity index (χ2v) is 6.61. The van der Waals surface area contributed by atoms with Crippen molar-refractivity contribution >= 4 is 45.2 Å². The van der Waals surface area contributed by atoms with Crippen molar-refractivity contribution in [2.45, 2.75) is 25.4 Å². The van der Waals surface area contributed by atoms with Gasteiger partial charge in [-0.15, -0.1) is 11.8 Å². The van der Waals surface area contributed by atoms with Gasteiger partial charge < -0.3 is 15.0 Å². The summed E-state index contributed by atoms with van der Waals surface area (Å²) in [5.41, 5.74) is 3.23. The molecule has 1 aromatic heterocycles. The van der Waals surface area contributed by atoms with Crippen LogP contribution < -0.4 is 0 Å². The molecule has 1 aromatic carbocycles. The van der Waals surface area contributed by atoms with E-state index >= 15 is 0 Å². The minimum absolute atomic E-state index is 0.0674. The van der Waals surface area contributed by atoms with Crippen LogP contribution in [0.3, 0.4) is 0 Å². The smallest absolute Gasteiger partial charge is 0.326 e. The normalized spacial score (nSPS) is 21.3. The van der Waals surface area contributed by atoms with E-state index in [0.29, 0.717) is 10.7 Å². The number of benzene rings is 1. The van der Waals surface area contributed by atoms with E-state index in [1.165, 1.54) is 11.8 Å². The highest BCUT2D eigenvalue weighted by atomic mass is 32.2. The van der Waals surface area contributed by atoms with Crippen LogP contribution in [0.5, 0.6) is 0 Å². The molecule has 2 heterocycles. The van der Waals surface area contributed by atoms with Crippen molar-refractivity contribution in [2.75, 3.05) is 6.26 Å². The van der Waals surface area contributed by atoms with Gasteiger partial charge in [0, 0.05) is 23.0 Å². The van der Waals surface area contributed by atoms with Crippen molar-refractivity contribution in [3.63, 3.8) is 0 Å². The predicted molar refractivity (Wildman–Crippen MR) is 89.8 cm³/mol. The Labute approximate surface area is 132 Å². The number of nitrogens with one attached hydrogen (secondary N) is 1. The van der Waals surface area contributed by atoms with Crippen molar-refractivity contribution in [3.8, 4) is 0 Å². The standard InChI is InChI=1S/C15H16N2O2S2/c1-8-13-10(9-5-3-4-6-11(9)16-13)7-12(14(18)19)17(8)15(20)21-2/h3-6,8,12,16H,7H2,1-2H3,(H,18,19)/t8-,12+/m1/s1. The SMILES string of the molecule is CSC(=S)N1[C@H](C)c2[nH]c3ccccc3c2C[C@H]1C(=O)O. The Hall–Kier alpha value is -1.53. The molecule has 2 atom stereocenters. The number of nitrogens with zero attached hydrogens (tertiary/aromatic N) is 1. The van der Waals surface area contributed by atoms with Gasteiger partial charge in [-0.25, -0.2) is 4.79 Å². The van der Waals surface area contributed by atoms with Gasteiger partial charge in [0.15, 0.2) is 0 Å². The van der Waals surface area contributed by atoms with E-state index in [1.807, 2.05) is 42.3 Å². The lowest BCUT2D eigenvalue weighted by atomic mass is 9.93. The summed E-state index contributed by atoms with van der Waals surface area (Å²) in [7, 11) is 0. The molecule has 0 saturated carbocycles. The molecule has 0 fully saturated rings. The lowest BCUT2D eigenvalue weighted by molar-refractivity contribution is -0.142. The maximum atomic E-state index is 11.7. The largest absolute Gasteiger partial charge is 0.480 e. The summed E-state index contributed by atoms with van der Waals surface area (Å²) in [6.45, 7) is 2.01. The van der Waals surface area contributed by atoms with Crippen molar-refractivity contribution in [1.82, 2.24) is 9.88 Å². The summed E-state index contributed by atoms with van der Waals surface area (Å²) in [5.74, 6) is -0.825. The monoisotopic (exact) mass is 320 g/mol. The minimum Gasteiger partial charge on any atom is -0.480 e. The van der Waals surface area contributed by atoms with E-state index in [9.17, 15) is 9.90 Å². The molecule has 4 nitrogen and oxygen atoms in total. The Morgan fingerprint density at radius 3 is 2.86 bits per heavy atom. The maximum Gasteiger partial charge on any atom is 0.326 e. The highest BCUT2D eigenvalue weighted by molar-refractivity contribution is 8.22. The highest BCUT2D eigenvalue weighted by Crippen LogP contribution is 2.38. The van der Waals surface area contributed by atoms with Crippen LogP contribution >= 0.6 is 24.0 Å². The number of aliphatic carboxylic acids is 1. The average molecular weight is 320 g/mol. The van der Waals surface area contributed by atoms with E-state index in [2.05, 4.69) is 4.98 Å². The topological polar surface area (TPSA) is 56.3 Å². The Balaban J connectivity index is 2.16. The fourth-order valence-electron chi connectivity index (χ4n) is 3.10. The second kappa shape index (κ2) is 5.35. The molecule has 110 valence electrons. The minimum atomic E-state index is -0.825. The first kappa shape index (κ1) is 14.4. The van der Waals surface area contributed by atoms with Gasteiger partial charge in [0.2, 0.25) is 0 Å². The fourth-order valence-corrected chi connectivity index (χ4v) is 3.88. The molecule has 21 heavy (non-hydrogen) atoms. The molecule has 6 heteroatoms. The first-order chi connectivity index (χ1) is 10.0. The van der Waals surface area contributed by atoms with Gasteiger partial charge in [-0.05, 0) is 24.8 Å². The van der Waals surface area contributed by atoms with E-state index < -0.39 is 12.0 Å². The zero-order valence-electron chi connectivity index (χ0n) is 11.8. The number of para-hydroxylation sites is 1. The van der Waals surface area contributed by atoms with Crippen molar-refractivity contribution in [1.29, 1.82) is 0 Å². The number of aromatic amines is 1. The number of carboxylic acid groups (broad SMARTS) is 1. The maximum absolute atomic E-state index is 11.7. The van der Waals surface area contributed by atoms with Gasteiger partial charge >= 0.3 is 5.97 Å². The molecular formula is C15H16N2O2S2. The summed E-state index contributed by atoms with van der Waals surface area (Å²) in [5, 5.41) is 10.7. The molecule has 0 unspecified atom stereocenters. The third kappa shape index (κ3) is 2.22. The predicted octanol–water partition coefficient (Wildman–Crippen LogP) is 3.19. The summed E-state index contributed by atoms with van der Waals surface area (Å²) in [6, 6.07) is 7.35. The van der Waals surface area contributed by atoms with E-state index in [4.69, 9.17) is 12.2 Å².